The van der Waals surface area contributed by atoms with Gasteiger partial charge in [0.05, 0.1) is 25.0 Å². The van der Waals surface area contributed by atoms with E-state index in [9.17, 15) is 9.59 Å². The molecule has 3 aromatic rings. The summed E-state index contributed by atoms with van der Waals surface area (Å²) in [6, 6.07) is 5.56. The number of thiophene rings is 1. The van der Waals surface area contributed by atoms with Gasteiger partial charge >= 0.3 is 5.97 Å². The van der Waals surface area contributed by atoms with Gasteiger partial charge in [-0.05, 0) is 61.9 Å². The van der Waals surface area contributed by atoms with Gasteiger partial charge in [0.15, 0.2) is 5.16 Å². The van der Waals surface area contributed by atoms with Crippen molar-refractivity contribution in [1.29, 1.82) is 0 Å². The van der Waals surface area contributed by atoms with Crippen molar-refractivity contribution in [1.82, 2.24) is 14.8 Å². The maximum atomic E-state index is 12.6. The van der Waals surface area contributed by atoms with Gasteiger partial charge in [-0.1, -0.05) is 23.4 Å². The number of rotatable bonds is 10. The molecule has 0 unspecified atom stereocenters. The van der Waals surface area contributed by atoms with Gasteiger partial charge in [0.2, 0.25) is 5.91 Å². The molecular weight excluding hydrogens is 508 g/mol. The maximum absolute atomic E-state index is 12.6. The fraction of sp³-hybridized carbons (Fsp3) is 0.417. The zero-order valence-corrected chi connectivity index (χ0v) is 22.2. The molecule has 0 saturated heterocycles. The lowest BCUT2D eigenvalue weighted by Crippen LogP contribution is -2.16. The third-order valence-corrected chi connectivity index (χ3v) is 8.22. The van der Waals surface area contributed by atoms with Crippen molar-refractivity contribution in [2.45, 2.75) is 44.2 Å². The van der Waals surface area contributed by atoms with E-state index in [0.29, 0.717) is 33.8 Å². The van der Waals surface area contributed by atoms with Gasteiger partial charge < -0.3 is 19.4 Å². The lowest BCUT2D eigenvalue weighted by atomic mass is 10.1. The first-order valence-corrected chi connectivity index (χ1v) is 13.5. The molecule has 11 heteroatoms. The highest BCUT2D eigenvalue weighted by atomic mass is 35.5. The third kappa shape index (κ3) is 5.99. The predicted molar refractivity (Wildman–Crippen MR) is 138 cm³/mol. The number of hydrogen-bond donors (Lipinski definition) is 1. The van der Waals surface area contributed by atoms with Crippen LogP contribution in [0.1, 0.15) is 45.0 Å². The van der Waals surface area contributed by atoms with Crippen molar-refractivity contribution in [3.63, 3.8) is 0 Å². The SMILES string of the molecule is COC(=O)c1c(NC(=O)CSc2nnc(CCCOc3ccc(Cl)cc3C)n2C)sc2c1CCC2. The molecule has 0 spiro atoms. The molecule has 186 valence electrons. The van der Waals surface area contributed by atoms with Crippen molar-refractivity contribution < 1.29 is 19.1 Å². The Bertz CT molecular complexity index is 1240. The van der Waals surface area contributed by atoms with Gasteiger partial charge in [-0.25, -0.2) is 4.79 Å². The Balaban J connectivity index is 1.27. The predicted octanol–water partition coefficient (Wildman–Crippen LogP) is 4.86. The van der Waals surface area contributed by atoms with Gasteiger partial charge in [-0.15, -0.1) is 21.5 Å². The highest BCUT2D eigenvalue weighted by molar-refractivity contribution is 7.99. The minimum atomic E-state index is -0.402. The minimum absolute atomic E-state index is 0.161. The number of nitrogens with zero attached hydrogens (tertiary/aromatic N) is 3. The van der Waals surface area contributed by atoms with Crippen molar-refractivity contribution in [3.8, 4) is 5.75 Å². The molecule has 0 aliphatic heterocycles. The van der Waals surface area contributed by atoms with Gasteiger partial charge in [-0.2, -0.15) is 0 Å². The Morgan fingerprint density at radius 3 is 2.89 bits per heavy atom. The molecule has 1 aromatic carbocycles. The number of hydrogen-bond acceptors (Lipinski definition) is 8. The first-order valence-electron chi connectivity index (χ1n) is 11.3. The number of aryl methyl sites for hydroxylation is 3. The van der Waals surface area contributed by atoms with Crippen LogP contribution in [0.3, 0.4) is 0 Å². The highest BCUT2D eigenvalue weighted by Crippen LogP contribution is 2.39. The van der Waals surface area contributed by atoms with Crippen LogP contribution in [0.5, 0.6) is 5.75 Å². The number of fused-ring (bicyclic) bond motifs is 1. The van der Waals surface area contributed by atoms with E-state index < -0.39 is 5.97 Å². The van der Waals surface area contributed by atoms with Crippen LogP contribution in [0.25, 0.3) is 0 Å². The second-order valence-electron chi connectivity index (χ2n) is 8.21. The molecule has 8 nitrogen and oxygen atoms in total. The summed E-state index contributed by atoms with van der Waals surface area (Å²) in [6.07, 6.45) is 4.27. The van der Waals surface area contributed by atoms with Crippen molar-refractivity contribution in [2.75, 3.05) is 24.8 Å². The van der Waals surface area contributed by atoms with E-state index >= 15 is 0 Å². The summed E-state index contributed by atoms with van der Waals surface area (Å²) < 4.78 is 12.7. The summed E-state index contributed by atoms with van der Waals surface area (Å²) in [4.78, 5) is 26.1. The Morgan fingerprint density at radius 2 is 2.11 bits per heavy atom. The molecule has 1 aliphatic carbocycles. The minimum Gasteiger partial charge on any atom is -0.493 e. The maximum Gasteiger partial charge on any atom is 0.341 e. The molecule has 0 atom stereocenters. The van der Waals surface area contributed by atoms with E-state index in [4.69, 9.17) is 21.1 Å². The smallest absolute Gasteiger partial charge is 0.341 e. The average Bonchev–Trinajstić information content (AvgIpc) is 3.51. The highest BCUT2D eigenvalue weighted by Gasteiger charge is 2.28. The van der Waals surface area contributed by atoms with E-state index in [1.54, 1.807) is 0 Å². The lowest BCUT2D eigenvalue weighted by Gasteiger charge is -2.09. The fourth-order valence-electron chi connectivity index (χ4n) is 3.98. The zero-order valence-electron chi connectivity index (χ0n) is 19.9. The van der Waals surface area contributed by atoms with Crippen LogP contribution in [0.4, 0.5) is 5.00 Å². The summed E-state index contributed by atoms with van der Waals surface area (Å²) in [5.41, 5.74) is 2.51. The molecule has 2 heterocycles. The number of carbonyl (C=O) groups is 2. The molecule has 4 rings (SSSR count). The second-order valence-corrected chi connectivity index (χ2v) is 10.7. The number of methoxy groups -OCH3 is 1. The van der Waals surface area contributed by atoms with Crippen LogP contribution in [0.15, 0.2) is 23.4 Å². The number of esters is 1. The van der Waals surface area contributed by atoms with Gasteiger partial charge in [0.25, 0.3) is 0 Å². The van der Waals surface area contributed by atoms with Crippen LogP contribution < -0.4 is 10.1 Å². The van der Waals surface area contributed by atoms with E-state index in [0.717, 1.165) is 53.3 Å². The molecule has 0 fully saturated rings. The van der Waals surface area contributed by atoms with Crippen molar-refractivity contribution >= 4 is 51.6 Å². The zero-order chi connectivity index (χ0) is 24.9. The Morgan fingerprint density at radius 1 is 1.29 bits per heavy atom. The summed E-state index contributed by atoms with van der Waals surface area (Å²) >= 11 is 8.76. The molecule has 2 aromatic heterocycles. The average molecular weight is 535 g/mol. The Kier molecular flexibility index (Phi) is 8.35. The molecule has 1 amide bonds. The Hall–Kier alpha value is -2.56. The lowest BCUT2D eigenvalue weighted by molar-refractivity contribution is -0.113. The van der Waals surface area contributed by atoms with E-state index in [2.05, 4.69) is 15.5 Å². The number of carbonyl (C=O) groups excluding carboxylic acids is 2. The second kappa shape index (κ2) is 11.5. The molecule has 0 bridgehead atoms. The molecule has 35 heavy (non-hydrogen) atoms. The van der Waals surface area contributed by atoms with Gasteiger partial charge in [0, 0.05) is 23.4 Å². The standard InChI is InChI=1S/C24H27ClN4O4S2/c1-14-12-15(25)9-10-17(14)33-11-5-8-19-27-28-24(29(19)2)34-13-20(30)26-22-21(23(31)32-3)16-6-4-7-18(16)35-22/h9-10,12H,4-8,11,13H2,1-3H3,(H,26,30). The quantitative estimate of drug-likeness (QED) is 0.225. The molecule has 1 N–H and O–H groups in total. The van der Waals surface area contributed by atoms with Crippen molar-refractivity contribution in [2.24, 2.45) is 7.05 Å². The number of anilines is 1. The largest absolute Gasteiger partial charge is 0.493 e. The first kappa shape index (κ1) is 25.5. The molecular formula is C24H27ClN4O4S2. The summed E-state index contributed by atoms with van der Waals surface area (Å²) in [5.74, 6) is 1.21. The van der Waals surface area contributed by atoms with Crippen molar-refractivity contribution in [3.05, 3.63) is 50.6 Å². The van der Waals surface area contributed by atoms with E-state index in [1.165, 1.54) is 30.2 Å². The van der Waals surface area contributed by atoms with E-state index in [-0.39, 0.29) is 11.7 Å². The van der Waals surface area contributed by atoms with E-state index in [1.807, 2.05) is 36.7 Å². The molecule has 1 aliphatic rings. The number of thioether (sulfide) groups is 1. The van der Waals surface area contributed by atoms with Crippen LogP contribution in [0, 0.1) is 6.92 Å². The fourth-order valence-corrected chi connectivity index (χ4v) is 6.23. The van der Waals surface area contributed by atoms with Crippen LogP contribution in [0.2, 0.25) is 5.02 Å². The third-order valence-electron chi connectivity index (χ3n) is 5.76. The number of ether oxygens (including phenoxy) is 2. The topological polar surface area (TPSA) is 95.3 Å². The number of amides is 1. The molecule has 0 radical (unpaired) electrons. The summed E-state index contributed by atoms with van der Waals surface area (Å²) in [7, 11) is 3.25. The van der Waals surface area contributed by atoms with Crippen LogP contribution >= 0.6 is 34.7 Å². The first-order chi connectivity index (χ1) is 16.9. The number of aromatic nitrogens is 3. The number of nitrogens with one attached hydrogen (secondary N) is 1. The molecule has 0 saturated carbocycles. The Labute approximate surface area is 217 Å². The monoisotopic (exact) mass is 534 g/mol. The summed E-state index contributed by atoms with van der Waals surface area (Å²) in [6.45, 7) is 2.51. The summed E-state index contributed by atoms with van der Waals surface area (Å²) in [5, 5.41) is 13.3. The number of benzene rings is 1. The van der Waals surface area contributed by atoms with Crippen LogP contribution in [-0.2, 0) is 35.8 Å². The normalized spacial score (nSPS) is 12.5. The van der Waals surface area contributed by atoms with Gasteiger partial charge in [0.1, 0.15) is 16.6 Å². The number of halogens is 1. The van der Waals surface area contributed by atoms with Gasteiger partial charge in [-0.3, -0.25) is 4.79 Å². The van der Waals surface area contributed by atoms with Crippen LogP contribution in [-0.4, -0.2) is 46.1 Å².